The summed E-state index contributed by atoms with van der Waals surface area (Å²) in [6, 6.07) is 4.76. The largest absolute Gasteiger partial charge is 0.435 e. The summed E-state index contributed by atoms with van der Waals surface area (Å²) in [6.07, 6.45) is -2.95. The maximum absolute atomic E-state index is 12.5. The molecule has 2 aromatic rings. The second kappa shape index (κ2) is 3.41. The first-order chi connectivity index (χ1) is 7.04. The highest BCUT2D eigenvalue weighted by atomic mass is 35.5. The summed E-state index contributed by atoms with van der Waals surface area (Å²) in [5, 5.41) is 0. The molecule has 0 saturated heterocycles. The number of nitrogens with zero attached hydrogens (tertiary/aromatic N) is 2. The van der Waals surface area contributed by atoms with Crippen molar-refractivity contribution in [1.82, 2.24) is 9.38 Å². The van der Waals surface area contributed by atoms with E-state index in [2.05, 4.69) is 4.98 Å². The van der Waals surface area contributed by atoms with Crippen LogP contribution in [-0.4, -0.2) is 9.38 Å². The molecule has 0 unspecified atom stereocenters. The molecule has 0 fully saturated rings. The SMILES string of the molecule is FC(F)(F)c1nc2ccccn2c1CCl. The van der Waals surface area contributed by atoms with Gasteiger partial charge in [0.15, 0.2) is 5.69 Å². The summed E-state index contributed by atoms with van der Waals surface area (Å²) in [4.78, 5) is 3.51. The van der Waals surface area contributed by atoms with Crippen LogP contribution in [0.2, 0.25) is 0 Å². The number of fused-ring (bicyclic) bond motifs is 1. The lowest BCUT2D eigenvalue weighted by Crippen LogP contribution is -2.08. The first-order valence-electron chi connectivity index (χ1n) is 4.13. The van der Waals surface area contributed by atoms with Crippen LogP contribution in [-0.2, 0) is 12.1 Å². The monoisotopic (exact) mass is 234 g/mol. The molecule has 0 bridgehead atoms. The molecule has 2 nitrogen and oxygen atoms in total. The molecule has 0 radical (unpaired) electrons. The van der Waals surface area contributed by atoms with Crippen LogP contribution in [0.1, 0.15) is 11.4 Å². The average molecular weight is 235 g/mol. The van der Waals surface area contributed by atoms with Gasteiger partial charge < -0.3 is 4.40 Å². The second-order valence-corrected chi connectivity index (χ2v) is 3.23. The van der Waals surface area contributed by atoms with Crippen molar-refractivity contribution in [2.24, 2.45) is 0 Å². The van der Waals surface area contributed by atoms with Gasteiger partial charge >= 0.3 is 6.18 Å². The van der Waals surface area contributed by atoms with Gasteiger partial charge in [0.1, 0.15) is 5.65 Å². The number of rotatable bonds is 1. The van der Waals surface area contributed by atoms with Crippen molar-refractivity contribution in [2.75, 3.05) is 0 Å². The molecule has 0 saturated carbocycles. The van der Waals surface area contributed by atoms with Gasteiger partial charge in [-0.3, -0.25) is 0 Å². The fraction of sp³-hybridized carbons (Fsp3) is 0.222. The minimum absolute atomic E-state index is 0.0280. The van der Waals surface area contributed by atoms with Gasteiger partial charge in [0, 0.05) is 6.20 Å². The summed E-state index contributed by atoms with van der Waals surface area (Å²) >= 11 is 5.50. The zero-order valence-corrected chi connectivity index (χ0v) is 8.18. The van der Waals surface area contributed by atoms with E-state index in [4.69, 9.17) is 11.6 Å². The number of pyridine rings is 1. The summed E-state index contributed by atoms with van der Waals surface area (Å²) in [6.45, 7) is 0. The third kappa shape index (κ3) is 1.67. The quantitative estimate of drug-likeness (QED) is 0.693. The van der Waals surface area contributed by atoms with E-state index < -0.39 is 11.9 Å². The summed E-state index contributed by atoms with van der Waals surface area (Å²) in [5.41, 5.74) is -0.691. The van der Waals surface area contributed by atoms with Gasteiger partial charge in [0.05, 0.1) is 11.6 Å². The molecule has 6 heteroatoms. The number of halogens is 4. The maximum atomic E-state index is 12.5. The van der Waals surface area contributed by atoms with Crippen LogP contribution in [0.3, 0.4) is 0 Å². The predicted molar refractivity (Wildman–Crippen MR) is 49.8 cm³/mol. The third-order valence-electron chi connectivity index (χ3n) is 2.02. The predicted octanol–water partition coefficient (Wildman–Crippen LogP) is 3.09. The molecule has 0 spiro atoms. The van der Waals surface area contributed by atoms with E-state index in [9.17, 15) is 13.2 Å². The summed E-state index contributed by atoms with van der Waals surface area (Å²) < 4.78 is 39.0. The van der Waals surface area contributed by atoms with Gasteiger partial charge in [0.2, 0.25) is 0 Å². The minimum atomic E-state index is -4.46. The van der Waals surface area contributed by atoms with Crippen LogP contribution in [0.4, 0.5) is 13.2 Å². The van der Waals surface area contributed by atoms with Crippen molar-refractivity contribution in [3.63, 3.8) is 0 Å². The average Bonchev–Trinajstić information content (AvgIpc) is 2.55. The van der Waals surface area contributed by atoms with Gasteiger partial charge in [-0.25, -0.2) is 4.98 Å². The number of imidazole rings is 1. The molecule has 80 valence electrons. The zero-order chi connectivity index (χ0) is 11.1. The Balaban J connectivity index is 2.75. The second-order valence-electron chi connectivity index (χ2n) is 2.97. The number of alkyl halides is 4. The van der Waals surface area contributed by atoms with Crippen molar-refractivity contribution < 1.29 is 13.2 Å². The van der Waals surface area contributed by atoms with Gasteiger partial charge in [-0.2, -0.15) is 13.2 Å². The lowest BCUT2D eigenvalue weighted by atomic mass is 10.3. The van der Waals surface area contributed by atoms with E-state index in [-0.39, 0.29) is 17.2 Å². The van der Waals surface area contributed by atoms with Crippen molar-refractivity contribution in [3.05, 3.63) is 35.8 Å². The number of aromatic nitrogens is 2. The maximum Gasteiger partial charge on any atom is 0.435 e. The Labute approximate surface area is 88.3 Å². The molecule has 0 aromatic carbocycles. The molecule has 0 aliphatic carbocycles. The topological polar surface area (TPSA) is 17.3 Å². The van der Waals surface area contributed by atoms with Gasteiger partial charge in [-0.15, -0.1) is 11.6 Å². The first kappa shape index (κ1) is 10.3. The van der Waals surface area contributed by atoms with Crippen molar-refractivity contribution >= 4 is 17.2 Å². The van der Waals surface area contributed by atoms with E-state index in [1.807, 2.05) is 0 Å². The smallest absolute Gasteiger partial charge is 0.302 e. The molecule has 15 heavy (non-hydrogen) atoms. The van der Waals surface area contributed by atoms with Crippen molar-refractivity contribution in [3.8, 4) is 0 Å². The first-order valence-corrected chi connectivity index (χ1v) is 4.66. The summed E-state index contributed by atoms with van der Waals surface area (Å²) in [5.74, 6) is -0.222. The Hall–Kier alpha value is -1.23. The number of hydrogen-bond acceptors (Lipinski definition) is 1. The van der Waals surface area contributed by atoms with Crippen LogP contribution < -0.4 is 0 Å². The normalized spacial score (nSPS) is 12.3. The highest BCUT2D eigenvalue weighted by molar-refractivity contribution is 6.17. The molecule has 0 amide bonds. The molecule has 2 heterocycles. The minimum Gasteiger partial charge on any atom is -0.302 e. The fourth-order valence-corrected chi connectivity index (χ4v) is 1.66. The zero-order valence-electron chi connectivity index (χ0n) is 7.42. The van der Waals surface area contributed by atoms with Gasteiger partial charge in [-0.05, 0) is 12.1 Å². The van der Waals surface area contributed by atoms with Crippen LogP contribution in [0, 0.1) is 0 Å². The van der Waals surface area contributed by atoms with Crippen LogP contribution in [0.15, 0.2) is 24.4 Å². The third-order valence-corrected chi connectivity index (χ3v) is 2.28. The molecular formula is C9H6ClF3N2. The Morgan fingerprint density at radius 3 is 2.67 bits per heavy atom. The summed E-state index contributed by atoms with van der Waals surface area (Å²) in [7, 11) is 0. The molecule has 0 N–H and O–H groups in total. The Kier molecular flexibility index (Phi) is 2.34. The van der Waals surface area contributed by atoms with E-state index >= 15 is 0 Å². The highest BCUT2D eigenvalue weighted by Gasteiger charge is 2.37. The van der Waals surface area contributed by atoms with Crippen molar-refractivity contribution in [1.29, 1.82) is 0 Å². The molecule has 0 atom stereocenters. The molecule has 0 aliphatic heterocycles. The van der Waals surface area contributed by atoms with E-state index in [0.29, 0.717) is 0 Å². The van der Waals surface area contributed by atoms with E-state index in [1.54, 1.807) is 12.1 Å². The standard InChI is InChI=1S/C9H6ClF3N2/c10-5-6-8(9(11,12)13)14-7-3-1-2-4-15(6)7/h1-4H,5H2. The number of hydrogen-bond donors (Lipinski definition) is 0. The lowest BCUT2D eigenvalue weighted by molar-refractivity contribution is -0.141. The molecule has 2 rings (SSSR count). The van der Waals surface area contributed by atoms with Gasteiger partial charge in [0.25, 0.3) is 0 Å². The Bertz CT molecular complexity index is 490. The van der Waals surface area contributed by atoms with Crippen molar-refractivity contribution in [2.45, 2.75) is 12.1 Å². The van der Waals surface area contributed by atoms with Crippen LogP contribution in [0.5, 0.6) is 0 Å². The Morgan fingerprint density at radius 1 is 1.33 bits per heavy atom. The Morgan fingerprint density at radius 2 is 2.07 bits per heavy atom. The van der Waals surface area contributed by atoms with E-state index in [0.717, 1.165) is 0 Å². The molecule has 2 aromatic heterocycles. The molecular weight excluding hydrogens is 229 g/mol. The lowest BCUT2D eigenvalue weighted by Gasteiger charge is -2.04. The van der Waals surface area contributed by atoms with Crippen LogP contribution >= 0.6 is 11.6 Å². The van der Waals surface area contributed by atoms with Gasteiger partial charge in [-0.1, -0.05) is 6.07 Å². The highest BCUT2D eigenvalue weighted by Crippen LogP contribution is 2.32. The van der Waals surface area contributed by atoms with E-state index in [1.165, 1.54) is 16.7 Å². The molecule has 0 aliphatic rings. The van der Waals surface area contributed by atoms with Crippen LogP contribution in [0.25, 0.3) is 5.65 Å². The fourth-order valence-electron chi connectivity index (χ4n) is 1.40.